The van der Waals surface area contributed by atoms with Crippen molar-refractivity contribution in [2.24, 2.45) is 0 Å². The van der Waals surface area contributed by atoms with Gasteiger partial charge in [-0.1, -0.05) is 12.1 Å². The Bertz CT molecular complexity index is 839. The SMILES string of the molecule is COc1ccccc1-c1nc(C(=O)O)c2cc(O)ccn12. The first-order valence-electron chi connectivity index (χ1n) is 6.19. The maximum atomic E-state index is 11.3. The zero-order valence-corrected chi connectivity index (χ0v) is 11.1. The Morgan fingerprint density at radius 3 is 2.76 bits per heavy atom. The van der Waals surface area contributed by atoms with Crippen LogP contribution in [0.15, 0.2) is 42.6 Å². The molecule has 6 heteroatoms. The van der Waals surface area contributed by atoms with E-state index >= 15 is 0 Å². The fourth-order valence-corrected chi connectivity index (χ4v) is 2.25. The highest BCUT2D eigenvalue weighted by Crippen LogP contribution is 2.31. The van der Waals surface area contributed by atoms with Gasteiger partial charge in [0.1, 0.15) is 17.3 Å². The lowest BCUT2D eigenvalue weighted by molar-refractivity contribution is 0.0693. The van der Waals surface area contributed by atoms with Gasteiger partial charge in [-0.05, 0) is 18.2 Å². The van der Waals surface area contributed by atoms with Crippen LogP contribution in [0, 0.1) is 0 Å². The highest BCUT2D eigenvalue weighted by Gasteiger charge is 2.19. The molecule has 0 saturated heterocycles. The summed E-state index contributed by atoms with van der Waals surface area (Å²) in [6.45, 7) is 0. The van der Waals surface area contributed by atoms with E-state index in [1.54, 1.807) is 29.8 Å². The topological polar surface area (TPSA) is 84.1 Å². The van der Waals surface area contributed by atoms with E-state index in [-0.39, 0.29) is 11.4 Å². The number of pyridine rings is 1. The van der Waals surface area contributed by atoms with Gasteiger partial charge in [0.05, 0.1) is 18.2 Å². The summed E-state index contributed by atoms with van der Waals surface area (Å²) in [4.78, 5) is 15.5. The summed E-state index contributed by atoms with van der Waals surface area (Å²) in [7, 11) is 1.54. The molecule has 0 unspecified atom stereocenters. The molecule has 1 aromatic carbocycles. The number of rotatable bonds is 3. The number of fused-ring (bicyclic) bond motifs is 1. The molecule has 3 rings (SSSR count). The van der Waals surface area contributed by atoms with Gasteiger partial charge in [0.25, 0.3) is 0 Å². The van der Waals surface area contributed by atoms with Crippen LogP contribution >= 0.6 is 0 Å². The van der Waals surface area contributed by atoms with Crippen molar-refractivity contribution in [3.63, 3.8) is 0 Å². The van der Waals surface area contributed by atoms with Gasteiger partial charge in [0.2, 0.25) is 0 Å². The lowest BCUT2D eigenvalue weighted by atomic mass is 10.2. The number of aromatic carboxylic acids is 1. The second kappa shape index (κ2) is 4.82. The predicted octanol–water partition coefficient (Wildman–Crippen LogP) is 2.41. The van der Waals surface area contributed by atoms with Crippen molar-refractivity contribution in [1.29, 1.82) is 0 Å². The zero-order chi connectivity index (χ0) is 15.0. The number of ether oxygens (including phenoxy) is 1. The minimum atomic E-state index is -1.15. The first-order valence-corrected chi connectivity index (χ1v) is 6.19. The number of aromatic hydroxyl groups is 1. The predicted molar refractivity (Wildman–Crippen MR) is 75.8 cm³/mol. The summed E-state index contributed by atoms with van der Waals surface area (Å²) in [6, 6.07) is 10.1. The molecule has 2 aromatic heterocycles. The number of hydrogen-bond acceptors (Lipinski definition) is 4. The third-order valence-corrected chi connectivity index (χ3v) is 3.18. The molecule has 21 heavy (non-hydrogen) atoms. The van der Waals surface area contributed by atoms with E-state index in [1.165, 1.54) is 12.1 Å². The first kappa shape index (κ1) is 13.0. The number of carbonyl (C=O) groups is 1. The van der Waals surface area contributed by atoms with Gasteiger partial charge in [0, 0.05) is 12.3 Å². The van der Waals surface area contributed by atoms with E-state index in [1.807, 2.05) is 12.1 Å². The van der Waals surface area contributed by atoms with Gasteiger partial charge in [0.15, 0.2) is 5.69 Å². The lowest BCUT2D eigenvalue weighted by Crippen LogP contribution is -1.97. The molecule has 2 N–H and O–H groups in total. The van der Waals surface area contributed by atoms with Crippen LogP contribution in [0.1, 0.15) is 10.5 Å². The van der Waals surface area contributed by atoms with E-state index in [4.69, 9.17) is 4.74 Å². The Morgan fingerprint density at radius 1 is 1.29 bits per heavy atom. The first-order chi connectivity index (χ1) is 10.1. The van der Waals surface area contributed by atoms with Crippen molar-refractivity contribution < 1.29 is 19.7 Å². The summed E-state index contributed by atoms with van der Waals surface area (Å²) < 4.78 is 6.90. The summed E-state index contributed by atoms with van der Waals surface area (Å²) in [5, 5.41) is 18.8. The Morgan fingerprint density at radius 2 is 2.05 bits per heavy atom. The van der Waals surface area contributed by atoms with Crippen LogP contribution in [0.5, 0.6) is 11.5 Å². The Kier molecular flexibility index (Phi) is 2.98. The average molecular weight is 284 g/mol. The number of nitrogens with zero attached hydrogens (tertiary/aromatic N) is 2. The van der Waals surface area contributed by atoms with Crippen LogP contribution in [-0.4, -0.2) is 32.7 Å². The number of imidazole rings is 1. The molecule has 0 spiro atoms. The quantitative estimate of drug-likeness (QED) is 0.771. The van der Waals surface area contributed by atoms with Crippen LogP contribution in [0.3, 0.4) is 0 Å². The summed E-state index contributed by atoms with van der Waals surface area (Å²) in [6.07, 6.45) is 1.58. The van der Waals surface area contributed by atoms with Crippen molar-refractivity contribution in [3.05, 3.63) is 48.3 Å². The van der Waals surface area contributed by atoms with Gasteiger partial charge in [-0.25, -0.2) is 9.78 Å². The minimum absolute atomic E-state index is 0.0172. The fraction of sp³-hybridized carbons (Fsp3) is 0.0667. The second-order valence-corrected chi connectivity index (χ2v) is 4.43. The fourth-order valence-electron chi connectivity index (χ4n) is 2.25. The highest BCUT2D eigenvalue weighted by atomic mass is 16.5. The molecule has 3 aromatic rings. The van der Waals surface area contributed by atoms with E-state index in [0.29, 0.717) is 22.7 Å². The lowest BCUT2D eigenvalue weighted by Gasteiger charge is -2.07. The minimum Gasteiger partial charge on any atom is -0.508 e. The summed E-state index contributed by atoms with van der Waals surface area (Å²) in [5.41, 5.74) is 0.878. The zero-order valence-electron chi connectivity index (χ0n) is 11.1. The molecule has 0 amide bonds. The Balaban J connectivity index is 2.36. The van der Waals surface area contributed by atoms with E-state index in [9.17, 15) is 15.0 Å². The molecule has 0 radical (unpaired) electrons. The molecule has 106 valence electrons. The van der Waals surface area contributed by atoms with Gasteiger partial charge < -0.3 is 14.9 Å². The molecule has 0 bridgehead atoms. The third-order valence-electron chi connectivity index (χ3n) is 3.18. The highest BCUT2D eigenvalue weighted by molar-refractivity contribution is 5.95. The van der Waals surface area contributed by atoms with Crippen molar-refractivity contribution in [2.75, 3.05) is 7.11 Å². The van der Waals surface area contributed by atoms with Crippen LogP contribution in [0.2, 0.25) is 0 Å². The van der Waals surface area contributed by atoms with Gasteiger partial charge >= 0.3 is 5.97 Å². The monoisotopic (exact) mass is 284 g/mol. The maximum absolute atomic E-state index is 11.3. The molecule has 0 aliphatic heterocycles. The molecule has 0 saturated carbocycles. The largest absolute Gasteiger partial charge is 0.508 e. The normalized spacial score (nSPS) is 10.7. The van der Waals surface area contributed by atoms with Crippen LogP contribution in [0.4, 0.5) is 0 Å². The van der Waals surface area contributed by atoms with Crippen LogP contribution in [0.25, 0.3) is 16.9 Å². The van der Waals surface area contributed by atoms with Gasteiger partial charge in [-0.15, -0.1) is 0 Å². The van der Waals surface area contributed by atoms with Crippen molar-refractivity contribution in [1.82, 2.24) is 9.38 Å². The molecule has 0 fully saturated rings. The molecular formula is C15H12N2O4. The number of methoxy groups -OCH3 is 1. The standard InChI is InChI=1S/C15H12N2O4/c1-21-12-5-3-2-4-10(12)14-16-13(15(19)20)11-8-9(18)6-7-17(11)14/h2-8,18H,1H3,(H,19,20). The average Bonchev–Trinajstić information content (AvgIpc) is 2.85. The Labute approximate surface area is 119 Å². The number of para-hydroxylation sites is 1. The van der Waals surface area contributed by atoms with Gasteiger partial charge in [-0.3, -0.25) is 4.40 Å². The van der Waals surface area contributed by atoms with Crippen LogP contribution in [-0.2, 0) is 0 Å². The molecule has 0 atom stereocenters. The number of benzene rings is 1. The van der Waals surface area contributed by atoms with Crippen molar-refractivity contribution >= 4 is 11.5 Å². The van der Waals surface area contributed by atoms with Crippen LogP contribution < -0.4 is 4.74 Å². The molecular weight excluding hydrogens is 272 g/mol. The molecule has 2 heterocycles. The number of hydrogen-bond donors (Lipinski definition) is 2. The maximum Gasteiger partial charge on any atom is 0.356 e. The molecule has 0 aliphatic carbocycles. The summed E-state index contributed by atoms with van der Waals surface area (Å²) in [5.74, 6) is -0.134. The third kappa shape index (κ3) is 2.06. The van der Waals surface area contributed by atoms with Crippen molar-refractivity contribution in [2.45, 2.75) is 0 Å². The van der Waals surface area contributed by atoms with E-state index in [0.717, 1.165) is 0 Å². The van der Waals surface area contributed by atoms with Gasteiger partial charge in [-0.2, -0.15) is 0 Å². The van der Waals surface area contributed by atoms with E-state index in [2.05, 4.69) is 4.98 Å². The Hall–Kier alpha value is -3.02. The summed E-state index contributed by atoms with van der Waals surface area (Å²) >= 11 is 0. The number of carboxylic acids is 1. The molecule has 0 aliphatic rings. The molecule has 6 nitrogen and oxygen atoms in total. The number of aromatic nitrogens is 2. The second-order valence-electron chi connectivity index (χ2n) is 4.43. The van der Waals surface area contributed by atoms with Crippen molar-refractivity contribution in [3.8, 4) is 22.9 Å². The number of carboxylic acid groups (broad SMARTS) is 1. The smallest absolute Gasteiger partial charge is 0.356 e. The van der Waals surface area contributed by atoms with E-state index < -0.39 is 5.97 Å².